The van der Waals surface area contributed by atoms with Gasteiger partial charge in [-0.25, -0.2) is 8.42 Å². The lowest BCUT2D eigenvalue weighted by Gasteiger charge is -2.28. The van der Waals surface area contributed by atoms with Crippen LogP contribution in [0.2, 0.25) is 0 Å². The van der Waals surface area contributed by atoms with E-state index in [1.54, 1.807) is 25.1 Å². The highest BCUT2D eigenvalue weighted by Crippen LogP contribution is 2.21. The number of hydrogen-bond acceptors (Lipinski definition) is 3. The number of sulfonamides is 1. The molecular weight excluding hydrogens is 348 g/mol. The van der Waals surface area contributed by atoms with E-state index in [0.717, 1.165) is 24.7 Å². The zero-order valence-corrected chi connectivity index (χ0v) is 16.3. The molecule has 0 aliphatic rings. The molecule has 26 heavy (non-hydrogen) atoms. The predicted octanol–water partition coefficient (Wildman–Crippen LogP) is 2.90. The maximum absolute atomic E-state index is 12.5. The summed E-state index contributed by atoms with van der Waals surface area (Å²) in [6.45, 7) is 4.00. The zero-order valence-electron chi connectivity index (χ0n) is 15.5. The molecular formula is C20H26N2O3S. The normalized spacial score (nSPS) is 12.4. The van der Waals surface area contributed by atoms with Crippen molar-refractivity contribution in [2.24, 2.45) is 0 Å². The van der Waals surface area contributed by atoms with Crippen molar-refractivity contribution in [1.82, 2.24) is 5.32 Å². The van der Waals surface area contributed by atoms with Crippen molar-refractivity contribution < 1.29 is 13.2 Å². The smallest absolute Gasteiger partial charge is 0.243 e. The van der Waals surface area contributed by atoms with Gasteiger partial charge in [0.05, 0.1) is 11.9 Å². The number of carbonyl (C=O) groups excluding carboxylic acids is 1. The lowest BCUT2D eigenvalue weighted by Crippen LogP contribution is -2.48. The Morgan fingerprint density at radius 2 is 1.81 bits per heavy atom. The second kappa shape index (κ2) is 8.85. The van der Waals surface area contributed by atoms with Gasteiger partial charge in [0.2, 0.25) is 15.9 Å². The van der Waals surface area contributed by atoms with Gasteiger partial charge >= 0.3 is 0 Å². The van der Waals surface area contributed by atoms with Crippen LogP contribution >= 0.6 is 0 Å². The van der Waals surface area contributed by atoms with E-state index in [4.69, 9.17) is 0 Å². The molecule has 1 amide bonds. The van der Waals surface area contributed by atoms with Crippen LogP contribution in [0.15, 0.2) is 54.6 Å². The Morgan fingerprint density at radius 1 is 1.12 bits per heavy atom. The molecule has 0 fully saturated rings. The van der Waals surface area contributed by atoms with Gasteiger partial charge in [-0.1, -0.05) is 42.5 Å². The Morgan fingerprint density at radius 3 is 2.42 bits per heavy atom. The Kier molecular flexibility index (Phi) is 6.80. The molecule has 0 saturated carbocycles. The van der Waals surface area contributed by atoms with E-state index in [1.165, 1.54) is 9.87 Å². The fourth-order valence-electron chi connectivity index (χ4n) is 2.87. The lowest BCUT2D eigenvalue weighted by atomic mass is 10.1. The second-order valence-corrected chi connectivity index (χ2v) is 8.31. The maximum Gasteiger partial charge on any atom is 0.243 e. The summed E-state index contributed by atoms with van der Waals surface area (Å²) in [4.78, 5) is 12.5. The SMILES string of the molecule is Cc1cccc(N([C@@H](C)C(=O)NCCCc2ccccc2)S(C)(=O)=O)c1. The van der Waals surface area contributed by atoms with Crippen molar-refractivity contribution in [3.63, 3.8) is 0 Å². The fourth-order valence-corrected chi connectivity index (χ4v) is 4.04. The molecule has 0 heterocycles. The first kappa shape index (κ1) is 20.0. The van der Waals surface area contributed by atoms with Crippen LogP contribution in [0, 0.1) is 6.92 Å². The highest BCUT2D eigenvalue weighted by atomic mass is 32.2. The monoisotopic (exact) mass is 374 g/mol. The number of nitrogens with one attached hydrogen (secondary N) is 1. The molecule has 6 heteroatoms. The molecule has 0 bridgehead atoms. The maximum atomic E-state index is 12.5. The molecule has 0 aliphatic carbocycles. The van der Waals surface area contributed by atoms with Gasteiger partial charge in [-0.15, -0.1) is 0 Å². The largest absolute Gasteiger partial charge is 0.354 e. The van der Waals surface area contributed by atoms with Crippen molar-refractivity contribution >= 4 is 21.6 Å². The first-order chi connectivity index (χ1) is 12.3. The summed E-state index contributed by atoms with van der Waals surface area (Å²) < 4.78 is 25.7. The van der Waals surface area contributed by atoms with Gasteiger partial charge in [0.1, 0.15) is 6.04 Å². The van der Waals surface area contributed by atoms with Crippen LogP contribution in [0.1, 0.15) is 24.5 Å². The van der Waals surface area contributed by atoms with Crippen LogP contribution in [0.3, 0.4) is 0 Å². The number of hydrogen-bond donors (Lipinski definition) is 1. The third-order valence-electron chi connectivity index (χ3n) is 4.13. The van der Waals surface area contributed by atoms with Gasteiger partial charge in [-0.3, -0.25) is 9.10 Å². The molecule has 2 aromatic rings. The highest BCUT2D eigenvalue weighted by Gasteiger charge is 2.28. The number of carbonyl (C=O) groups is 1. The summed E-state index contributed by atoms with van der Waals surface area (Å²) in [7, 11) is -3.58. The fraction of sp³-hybridized carbons (Fsp3) is 0.350. The molecule has 140 valence electrons. The molecule has 0 aliphatic heterocycles. The molecule has 0 aromatic heterocycles. The standard InChI is InChI=1S/C20H26N2O3S/c1-16-9-7-13-19(15-16)22(26(3,24)25)17(2)20(23)21-14-8-12-18-10-5-4-6-11-18/h4-7,9-11,13,15,17H,8,12,14H2,1-3H3,(H,21,23)/t17-/m0/s1. The van der Waals surface area contributed by atoms with E-state index in [1.807, 2.05) is 43.3 Å². The summed E-state index contributed by atoms with van der Waals surface area (Å²) in [6.07, 6.45) is 2.78. The molecule has 0 spiro atoms. The molecule has 0 unspecified atom stereocenters. The minimum Gasteiger partial charge on any atom is -0.354 e. The van der Waals surface area contributed by atoms with E-state index < -0.39 is 16.1 Å². The van der Waals surface area contributed by atoms with Gasteiger partial charge in [0, 0.05) is 6.54 Å². The Balaban J connectivity index is 1.99. The van der Waals surface area contributed by atoms with Gasteiger partial charge in [0.25, 0.3) is 0 Å². The second-order valence-electron chi connectivity index (χ2n) is 6.45. The van der Waals surface area contributed by atoms with Crippen LogP contribution in [0.25, 0.3) is 0 Å². The van der Waals surface area contributed by atoms with Crippen LogP contribution in [-0.2, 0) is 21.2 Å². The summed E-state index contributed by atoms with van der Waals surface area (Å²) in [5, 5.41) is 2.84. The molecule has 2 aromatic carbocycles. The summed E-state index contributed by atoms with van der Waals surface area (Å²) in [6, 6.07) is 16.4. The molecule has 5 nitrogen and oxygen atoms in total. The summed E-state index contributed by atoms with van der Waals surface area (Å²) in [5.74, 6) is -0.301. The van der Waals surface area contributed by atoms with Gasteiger partial charge in [-0.05, 0) is 49.9 Å². The molecule has 0 saturated heterocycles. The highest BCUT2D eigenvalue weighted by molar-refractivity contribution is 7.92. The van der Waals surface area contributed by atoms with Crippen LogP contribution in [0.4, 0.5) is 5.69 Å². The van der Waals surface area contributed by atoms with Crippen molar-refractivity contribution in [1.29, 1.82) is 0 Å². The Labute approximate surface area is 156 Å². The third kappa shape index (κ3) is 5.59. The molecule has 2 rings (SSSR count). The Bertz CT molecular complexity index is 835. The summed E-state index contributed by atoms with van der Waals surface area (Å²) >= 11 is 0. The van der Waals surface area contributed by atoms with Crippen LogP contribution < -0.4 is 9.62 Å². The number of rotatable bonds is 8. The average molecular weight is 375 g/mol. The first-order valence-electron chi connectivity index (χ1n) is 8.67. The van der Waals surface area contributed by atoms with Gasteiger partial charge < -0.3 is 5.32 Å². The number of aryl methyl sites for hydroxylation is 2. The number of benzene rings is 2. The van der Waals surface area contributed by atoms with Crippen LogP contribution in [-0.4, -0.2) is 33.2 Å². The van der Waals surface area contributed by atoms with Crippen LogP contribution in [0.5, 0.6) is 0 Å². The van der Waals surface area contributed by atoms with E-state index >= 15 is 0 Å². The van der Waals surface area contributed by atoms with E-state index in [9.17, 15) is 13.2 Å². The van der Waals surface area contributed by atoms with Crippen molar-refractivity contribution in [2.45, 2.75) is 32.7 Å². The van der Waals surface area contributed by atoms with Crippen molar-refractivity contribution in [3.05, 3.63) is 65.7 Å². The Hall–Kier alpha value is -2.34. The van der Waals surface area contributed by atoms with Gasteiger partial charge in [-0.2, -0.15) is 0 Å². The van der Waals surface area contributed by atoms with E-state index in [0.29, 0.717) is 12.2 Å². The minimum absolute atomic E-state index is 0.301. The first-order valence-corrected chi connectivity index (χ1v) is 10.5. The lowest BCUT2D eigenvalue weighted by molar-refractivity contribution is -0.121. The summed E-state index contributed by atoms with van der Waals surface area (Å²) in [5.41, 5.74) is 2.65. The topological polar surface area (TPSA) is 66.5 Å². The quantitative estimate of drug-likeness (QED) is 0.723. The number of nitrogens with zero attached hydrogens (tertiary/aromatic N) is 1. The van der Waals surface area contributed by atoms with E-state index in [-0.39, 0.29) is 5.91 Å². The predicted molar refractivity (Wildman–Crippen MR) is 106 cm³/mol. The number of anilines is 1. The molecule has 0 radical (unpaired) electrons. The minimum atomic E-state index is -3.58. The molecule has 1 N–H and O–H groups in total. The third-order valence-corrected chi connectivity index (χ3v) is 5.37. The molecule has 1 atom stereocenters. The number of amides is 1. The van der Waals surface area contributed by atoms with Crippen molar-refractivity contribution in [2.75, 3.05) is 17.1 Å². The van der Waals surface area contributed by atoms with E-state index in [2.05, 4.69) is 5.32 Å². The van der Waals surface area contributed by atoms with Gasteiger partial charge in [0.15, 0.2) is 0 Å². The average Bonchev–Trinajstić information content (AvgIpc) is 2.58. The zero-order chi connectivity index (χ0) is 19.2. The van der Waals surface area contributed by atoms with Crippen molar-refractivity contribution in [3.8, 4) is 0 Å².